The van der Waals surface area contributed by atoms with Crippen molar-refractivity contribution in [3.8, 4) is 0 Å². The average molecular weight is 373 g/mol. The van der Waals surface area contributed by atoms with Crippen LogP contribution in [0.25, 0.3) is 10.9 Å². The zero-order chi connectivity index (χ0) is 18.5. The molecule has 0 saturated carbocycles. The summed E-state index contributed by atoms with van der Waals surface area (Å²) in [6.45, 7) is 7.17. The molecule has 138 valence electrons. The molecule has 1 amide bonds. The second-order valence-corrected chi connectivity index (χ2v) is 7.56. The smallest absolute Gasteiger partial charge is 0.262 e. The van der Waals surface area contributed by atoms with E-state index in [1.165, 1.54) is 11.8 Å². The number of allylic oxidation sites excluding steroid dienone is 1. The molecule has 1 saturated heterocycles. The van der Waals surface area contributed by atoms with Gasteiger partial charge in [-0.2, -0.15) is 0 Å². The van der Waals surface area contributed by atoms with E-state index in [2.05, 4.69) is 16.9 Å². The van der Waals surface area contributed by atoms with Crippen molar-refractivity contribution in [2.45, 2.75) is 42.8 Å². The number of carbonyl (C=O) groups is 1. The largest absolute Gasteiger partial charge is 0.376 e. The highest BCUT2D eigenvalue weighted by Crippen LogP contribution is 2.23. The number of benzene rings is 1. The van der Waals surface area contributed by atoms with Gasteiger partial charge in [-0.15, -0.1) is 6.58 Å². The van der Waals surface area contributed by atoms with Crippen molar-refractivity contribution >= 4 is 28.6 Å². The van der Waals surface area contributed by atoms with E-state index in [4.69, 9.17) is 4.74 Å². The van der Waals surface area contributed by atoms with Gasteiger partial charge < -0.3 is 10.1 Å². The predicted molar refractivity (Wildman–Crippen MR) is 104 cm³/mol. The lowest BCUT2D eigenvalue weighted by molar-refractivity contribution is -0.120. The van der Waals surface area contributed by atoms with E-state index in [0.29, 0.717) is 29.1 Å². The molecule has 0 bridgehead atoms. The number of hydrogen-bond donors (Lipinski definition) is 1. The van der Waals surface area contributed by atoms with Crippen LogP contribution in [0.4, 0.5) is 0 Å². The third-order valence-corrected chi connectivity index (χ3v) is 5.41. The molecule has 1 fully saturated rings. The lowest BCUT2D eigenvalue weighted by Gasteiger charge is -2.16. The molecule has 1 aliphatic rings. The molecule has 0 spiro atoms. The second-order valence-electron chi connectivity index (χ2n) is 6.26. The van der Waals surface area contributed by atoms with Crippen LogP contribution in [0.2, 0.25) is 0 Å². The first-order valence-corrected chi connectivity index (χ1v) is 9.64. The van der Waals surface area contributed by atoms with Crippen LogP contribution in [0.3, 0.4) is 0 Å². The highest BCUT2D eigenvalue weighted by atomic mass is 32.2. The van der Waals surface area contributed by atoms with Gasteiger partial charge in [-0.05, 0) is 31.9 Å². The normalized spacial score (nSPS) is 18.0. The first kappa shape index (κ1) is 18.7. The van der Waals surface area contributed by atoms with E-state index in [-0.39, 0.29) is 22.8 Å². The number of rotatable bonds is 7. The van der Waals surface area contributed by atoms with Gasteiger partial charge in [0.2, 0.25) is 5.91 Å². The maximum absolute atomic E-state index is 12.7. The zero-order valence-electron chi connectivity index (χ0n) is 14.8. The molecule has 2 aromatic rings. The summed E-state index contributed by atoms with van der Waals surface area (Å²) < 4.78 is 7.09. The number of nitrogens with zero attached hydrogens (tertiary/aromatic N) is 2. The number of aromatic nitrogens is 2. The van der Waals surface area contributed by atoms with Gasteiger partial charge >= 0.3 is 0 Å². The third-order valence-electron chi connectivity index (χ3n) is 4.32. The molecule has 0 unspecified atom stereocenters. The number of ether oxygens (including phenoxy) is 1. The summed E-state index contributed by atoms with van der Waals surface area (Å²) in [7, 11) is 0. The fraction of sp³-hybridized carbons (Fsp3) is 0.421. The van der Waals surface area contributed by atoms with E-state index in [1.807, 2.05) is 19.1 Å². The monoisotopic (exact) mass is 373 g/mol. The molecule has 3 rings (SSSR count). The molecule has 1 N–H and O–H groups in total. The summed E-state index contributed by atoms with van der Waals surface area (Å²) in [5, 5.41) is 3.64. The minimum absolute atomic E-state index is 0.0851. The van der Waals surface area contributed by atoms with Crippen LogP contribution in [-0.4, -0.2) is 40.0 Å². The lowest BCUT2D eigenvalue weighted by atomic mass is 10.2. The van der Waals surface area contributed by atoms with Crippen molar-refractivity contribution in [3.63, 3.8) is 0 Å². The van der Waals surface area contributed by atoms with Crippen LogP contribution in [0.5, 0.6) is 0 Å². The van der Waals surface area contributed by atoms with Crippen molar-refractivity contribution < 1.29 is 9.53 Å². The molecule has 1 aromatic heterocycles. The summed E-state index contributed by atoms with van der Waals surface area (Å²) in [4.78, 5) is 29.7. The topological polar surface area (TPSA) is 73.2 Å². The van der Waals surface area contributed by atoms with E-state index in [9.17, 15) is 9.59 Å². The molecular weight excluding hydrogens is 350 g/mol. The van der Waals surface area contributed by atoms with Crippen LogP contribution in [0.1, 0.15) is 19.8 Å². The Balaban J connectivity index is 1.77. The number of thioether (sulfide) groups is 1. The van der Waals surface area contributed by atoms with Gasteiger partial charge in [0.15, 0.2) is 5.16 Å². The Hall–Kier alpha value is -2.12. The molecule has 0 aliphatic carbocycles. The highest BCUT2D eigenvalue weighted by Gasteiger charge is 2.21. The molecule has 2 atom stereocenters. The second kappa shape index (κ2) is 8.51. The van der Waals surface area contributed by atoms with Gasteiger partial charge in [0.05, 0.1) is 22.3 Å². The van der Waals surface area contributed by atoms with Gasteiger partial charge in [-0.1, -0.05) is 30.0 Å². The Morgan fingerprint density at radius 3 is 3.08 bits per heavy atom. The summed E-state index contributed by atoms with van der Waals surface area (Å²) in [6.07, 6.45) is 3.78. The summed E-state index contributed by atoms with van der Waals surface area (Å²) >= 11 is 1.28. The number of hydrogen-bond acceptors (Lipinski definition) is 5. The molecule has 1 aromatic carbocycles. The number of amides is 1. The minimum atomic E-state index is -0.375. The first-order chi connectivity index (χ1) is 12.6. The van der Waals surface area contributed by atoms with Gasteiger partial charge in [-0.3, -0.25) is 14.2 Å². The van der Waals surface area contributed by atoms with E-state index >= 15 is 0 Å². The summed E-state index contributed by atoms with van der Waals surface area (Å²) in [6, 6.07) is 7.23. The maximum atomic E-state index is 12.7. The fourth-order valence-electron chi connectivity index (χ4n) is 2.90. The average Bonchev–Trinajstić information content (AvgIpc) is 3.16. The van der Waals surface area contributed by atoms with Crippen LogP contribution in [0.15, 0.2) is 46.9 Å². The molecular formula is C19H23N3O3S. The summed E-state index contributed by atoms with van der Waals surface area (Å²) in [5.74, 6) is -0.0851. The Morgan fingerprint density at radius 2 is 2.35 bits per heavy atom. The van der Waals surface area contributed by atoms with E-state index < -0.39 is 0 Å². The first-order valence-electron chi connectivity index (χ1n) is 8.76. The van der Waals surface area contributed by atoms with Crippen LogP contribution >= 0.6 is 11.8 Å². The minimum Gasteiger partial charge on any atom is -0.376 e. The van der Waals surface area contributed by atoms with Crippen molar-refractivity contribution in [1.29, 1.82) is 0 Å². The number of carbonyl (C=O) groups excluding carboxylic acids is 1. The highest BCUT2D eigenvalue weighted by molar-refractivity contribution is 8.00. The van der Waals surface area contributed by atoms with Gasteiger partial charge in [0.25, 0.3) is 5.56 Å². The van der Waals surface area contributed by atoms with Crippen molar-refractivity contribution in [2.24, 2.45) is 0 Å². The van der Waals surface area contributed by atoms with Crippen molar-refractivity contribution in [2.75, 3.05) is 13.2 Å². The van der Waals surface area contributed by atoms with Gasteiger partial charge in [0.1, 0.15) is 0 Å². The number of fused-ring (bicyclic) bond motifs is 1. The zero-order valence-corrected chi connectivity index (χ0v) is 15.6. The maximum Gasteiger partial charge on any atom is 0.262 e. The van der Waals surface area contributed by atoms with Crippen LogP contribution in [0, 0.1) is 0 Å². The van der Waals surface area contributed by atoms with Crippen molar-refractivity contribution in [3.05, 3.63) is 47.3 Å². The Morgan fingerprint density at radius 1 is 1.54 bits per heavy atom. The Bertz CT molecular complexity index is 859. The lowest BCUT2D eigenvalue weighted by Crippen LogP contribution is -2.37. The quantitative estimate of drug-likeness (QED) is 0.458. The molecule has 26 heavy (non-hydrogen) atoms. The molecule has 7 heteroatoms. The van der Waals surface area contributed by atoms with Gasteiger partial charge in [0, 0.05) is 19.7 Å². The van der Waals surface area contributed by atoms with E-state index in [0.717, 1.165) is 19.4 Å². The van der Waals surface area contributed by atoms with Crippen molar-refractivity contribution in [1.82, 2.24) is 14.9 Å². The van der Waals surface area contributed by atoms with Crippen LogP contribution < -0.4 is 10.9 Å². The molecule has 6 nitrogen and oxygen atoms in total. The van der Waals surface area contributed by atoms with Crippen LogP contribution in [-0.2, 0) is 16.1 Å². The number of para-hydroxylation sites is 1. The van der Waals surface area contributed by atoms with E-state index in [1.54, 1.807) is 22.8 Å². The Labute approximate surface area is 156 Å². The molecule has 1 aliphatic heterocycles. The third kappa shape index (κ3) is 4.16. The van der Waals surface area contributed by atoms with Gasteiger partial charge in [-0.25, -0.2) is 4.98 Å². The number of nitrogens with one attached hydrogen (secondary N) is 1. The SMILES string of the molecule is C=CCn1c(S[C@H](C)C(=O)NC[C@@H]2CCCO2)nc2ccccc2c1=O. The molecule has 2 heterocycles. The standard InChI is InChI=1S/C19H23N3O3S/c1-3-10-22-18(24)15-8-4-5-9-16(15)21-19(22)26-13(2)17(23)20-12-14-7-6-11-25-14/h3-5,8-9,13-14H,1,6-7,10-12H2,2H3,(H,20,23)/t13-,14+/m1/s1. The Kier molecular flexibility index (Phi) is 6.11. The molecule has 0 radical (unpaired) electrons. The predicted octanol–water partition coefficient (Wildman–Crippen LogP) is 2.36. The summed E-state index contributed by atoms with van der Waals surface area (Å²) in [5.41, 5.74) is 0.511. The fourth-order valence-corrected chi connectivity index (χ4v) is 3.85.